The number of anilines is 2. The lowest BCUT2D eigenvalue weighted by molar-refractivity contribution is -0.121. The molecule has 1 atom stereocenters. The summed E-state index contributed by atoms with van der Waals surface area (Å²) in [6, 6.07) is 27.4. The Kier molecular flexibility index (Phi) is 6.62. The van der Waals surface area contributed by atoms with Crippen molar-refractivity contribution in [2.24, 2.45) is 5.92 Å². The molecule has 2 N–H and O–H groups in total. The summed E-state index contributed by atoms with van der Waals surface area (Å²) in [4.78, 5) is 27.4. The zero-order valence-electron chi connectivity index (χ0n) is 17.5. The number of rotatable bonds is 5. The molecule has 0 aromatic heterocycles. The molecule has 3 aromatic rings. The van der Waals surface area contributed by atoms with E-state index in [0.29, 0.717) is 13.1 Å². The van der Waals surface area contributed by atoms with Crippen molar-refractivity contribution in [3.63, 3.8) is 0 Å². The highest BCUT2D eigenvalue weighted by Crippen LogP contribution is 2.23. The maximum absolute atomic E-state index is 13.0. The highest BCUT2D eigenvalue weighted by molar-refractivity contribution is 5.94. The zero-order valence-corrected chi connectivity index (χ0v) is 17.5. The summed E-state index contributed by atoms with van der Waals surface area (Å²) in [7, 11) is 0. The van der Waals surface area contributed by atoms with E-state index in [2.05, 4.69) is 22.8 Å². The lowest BCUT2D eigenvalue weighted by Crippen LogP contribution is -2.45. The Hall–Kier alpha value is -3.60. The third kappa shape index (κ3) is 5.51. The first-order valence-electron chi connectivity index (χ1n) is 10.7. The lowest BCUT2D eigenvalue weighted by Gasteiger charge is -2.32. The van der Waals surface area contributed by atoms with Gasteiger partial charge in [0, 0.05) is 24.5 Å². The second-order valence-electron chi connectivity index (χ2n) is 7.89. The van der Waals surface area contributed by atoms with Crippen molar-refractivity contribution in [2.45, 2.75) is 19.3 Å². The fraction of sp³-hybridized carbons (Fsp3) is 0.231. The Morgan fingerprint density at radius 2 is 1.52 bits per heavy atom. The van der Waals surface area contributed by atoms with Crippen LogP contribution in [0.25, 0.3) is 0 Å². The highest BCUT2D eigenvalue weighted by atomic mass is 16.2. The number of hydrogen-bond acceptors (Lipinski definition) is 2. The number of likely N-dealkylation sites (tertiary alicyclic amines) is 1. The molecule has 158 valence electrons. The van der Waals surface area contributed by atoms with Crippen LogP contribution in [0.3, 0.4) is 0 Å². The molecule has 5 heteroatoms. The first-order valence-corrected chi connectivity index (χ1v) is 10.7. The number of benzene rings is 3. The fourth-order valence-corrected chi connectivity index (χ4v) is 3.95. The highest BCUT2D eigenvalue weighted by Gasteiger charge is 2.28. The van der Waals surface area contributed by atoms with E-state index in [0.717, 1.165) is 36.2 Å². The van der Waals surface area contributed by atoms with Crippen LogP contribution >= 0.6 is 0 Å². The van der Waals surface area contributed by atoms with E-state index in [1.165, 1.54) is 5.56 Å². The summed E-state index contributed by atoms with van der Waals surface area (Å²) in [5.41, 5.74) is 3.87. The molecule has 1 aliphatic heterocycles. The zero-order chi connectivity index (χ0) is 21.5. The van der Waals surface area contributed by atoms with Crippen molar-refractivity contribution in [2.75, 3.05) is 23.7 Å². The molecule has 31 heavy (non-hydrogen) atoms. The molecule has 0 radical (unpaired) electrons. The summed E-state index contributed by atoms with van der Waals surface area (Å²) in [6.07, 6.45) is 2.35. The number of nitrogens with zero attached hydrogens (tertiary/aromatic N) is 1. The van der Waals surface area contributed by atoms with Crippen molar-refractivity contribution in [1.29, 1.82) is 0 Å². The Labute approximate surface area is 183 Å². The summed E-state index contributed by atoms with van der Waals surface area (Å²) >= 11 is 0. The van der Waals surface area contributed by atoms with Crippen LogP contribution in [-0.2, 0) is 11.2 Å². The van der Waals surface area contributed by atoms with E-state index >= 15 is 0 Å². The molecule has 0 bridgehead atoms. The van der Waals surface area contributed by atoms with E-state index in [9.17, 15) is 9.59 Å². The topological polar surface area (TPSA) is 61.4 Å². The van der Waals surface area contributed by atoms with Crippen LogP contribution in [-0.4, -0.2) is 29.9 Å². The molecule has 1 aliphatic rings. The number of piperidine rings is 1. The van der Waals surface area contributed by atoms with Crippen molar-refractivity contribution < 1.29 is 9.59 Å². The number of urea groups is 1. The minimum absolute atomic E-state index is 0.0299. The first kappa shape index (κ1) is 20.7. The van der Waals surface area contributed by atoms with Gasteiger partial charge in [0.25, 0.3) is 0 Å². The van der Waals surface area contributed by atoms with Gasteiger partial charge in [-0.1, -0.05) is 66.7 Å². The number of nitrogens with one attached hydrogen (secondary N) is 2. The van der Waals surface area contributed by atoms with Crippen molar-refractivity contribution in [1.82, 2.24) is 4.90 Å². The maximum atomic E-state index is 13.0. The van der Waals surface area contributed by atoms with Gasteiger partial charge in [-0.15, -0.1) is 0 Å². The quantitative estimate of drug-likeness (QED) is 0.607. The van der Waals surface area contributed by atoms with Crippen molar-refractivity contribution in [3.8, 4) is 0 Å². The second-order valence-corrected chi connectivity index (χ2v) is 7.89. The van der Waals surface area contributed by atoms with Gasteiger partial charge in [0.2, 0.25) is 5.91 Å². The molecular weight excluding hydrogens is 386 g/mol. The second kappa shape index (κ2) is 9.94. The van der Waals surface area contributed by atoms with Crippen LogP contribution in [0, 0.1) is 5.92 Å². The van der Waals surface area contributed by atoms with Gasteiger partial charge < -0.3 is 15.5 Å². The van der Waals surface area contributed by atoms with Crippen LogP contribution in [0.1, 0.15) is 24.0 Å². The van der Waals surface area contributed by atoms with E-state index in [1.54, 1.807) is 4.90 Å². The number of hydrogen-bond donors (Lipinski definition) is 2. The molecular formula is C26H27N3O2. The maximum Gasteiger partial charge on any atom is 0.321 e. The summed E-state index contributed by atoms with van der Waals surface area (Å²) in [6.45, 7) is 1.08. The fourth-order valence-electron chi connectivity index (χ4n) is 3.95. The minimum atomic E-state index is -0.222. The Morgan fingerprint density at radius 1 is 0.839 bits per heavy atom. The molecule has 0 aliphatic carbocycles. The number of para-hydroxylation sites is 2. The summed E-state index contributed by atoms with van der Waals surface area (Å²) in [5, 5.41) is 6.02. The summed E-state index contributed by atoms with van der Waals surface area (Å²) in [5.74, 6) is -0.252. The predicted molar refractivity (Wildman–Crippen MR) is 124 cm³/mol. The van der Waals surface area contributed by atoms with Crippen LogP contribution in [0.15, 0.2) is 84.9 Å². The third-order valence-corrected chi connectivity index (χ3v) is 5.62. The molecule has 4 rings (SSSR count). The minimum Gasteiger partial charge on any atom is -0.326 e. The van der Waals surface area contributed by atoms with Gasteiger partial charge in [0.1, 0.15) is 0 Å². The Balaban J connectivity index is 1.39. The van der Waals surface area contributed by atoms with Gasteiger partial charge in [-0.3, -0.25) is 4.79 Å². The van der Waals surface area contributed by atoms with Crippen LogP contribution in [0.2, 0.25) is 0 Å². The smallest absolute Gasteiger partial charge is 0.321 e. The van der Waals surface area contributed by atoms with E-state index < -0.39 is 0 Å². The molecule has 0 unspecified atom stereocenters. The Morgan fingerprint density at radius 3 is 2.29 bits per heavy atom. The van der Waals surface area contributed by atoms with E-state index in [4.69, 9.17) is 0 Å². The molecule has 0 saturated carbocycles. The van der Waals surface area contributed by atoms with Gasteiger partial charge in [0.05, 0.1) is 5.92 Å². The average molecular weight is 414 g/mol. The number of amides is 3. The number of carbonyl (C=O) groups is 2. The number of carbonyl (C=O) groups excluding carboxylic acids is 2. The first-order chi connectivity index (χ1) is 15.2. The monoisotopic (exact) mass is 413 g/mol. The van der Waals surface area contributed by atoms with Gasteiger partial charge in [-0.2, -0.15) is 0 Å². The molecule has 3 amide bonds. The SMILES string of the molecule is O=C(Nc1ccccc1Cc1ccccc1)[C@@H]1CCCN(C(=O)Nc2ccccc2)C1. The van der Waals surface area contributed by atoms with Gasteiger partial charge >= 0.3 is 6.03 Å². The molecule has 0 spiro atoms. The van der Waals surface area contributed by atoms with Crippen LogP contribution in [0.4, 0.5) is 16.2 Å². The van der Waals surface area contributed by atoms with Gasteiger partial charge in [-0.25, -0.2) is 4.79 Å². The molecule has 3 aromatic carbocycles. The van der Waals surface area contributed by atoms with E-state index in [-0.39, 0.29) is 17.9 Å². The summed E-state index contributed by atoms with van der Waals surface area (Å²) < 4.78 is 0. The molecule has 1 fully saturated rings. The predicted octanol–water partition coefficient (Wildman–Crippen LogP) is 5.16. The van der Waals surface area contributed by atoms with Crippen molar-refractivity contribution in [3.05, 3.63) is 96.1 Å². The molecule has 5 nitrogen and oxygen atoms in total. The standard InChI is InChI=1S/C26H27N3O2/c30-25(28-24-16-8-7-12-21(24)18-20-10-3-1-4-11-20)22-13-9-17-29(19-22)26(31)27-23-14-5-2-6-15-23/h1-8,10-12,14-16,22H,9,13,17-19H2,(H,27,31)(H,28,30)/t22-/m1/s1. The third-order valence-electron chi connectivity index (χ3n) is 5.62. The Bertz CT molecular complexity index is 1020. The largest absolute Gasteiger partial charge is 0.326 e. The lowest BCUT2D eigenvalue weighted by atomic mass is 9.96. The van der Waals surface area contributed by atoms with Crippen LogP contribution in [0.5, 0.6) is 0 Å². The van der Waals surface area contributed by atoms with E-state index in [1.807, 2.05) is 72.8 Å². The average Bonchev–Trinajstić information content (AvgIpc) is 2.82. The van der Waals surface area contributed by atoms with Crippen molar-refractivity contribution >= 4 is 23.3 Å². The molecule has 1 saturated heterocycles. The van der Waals surface area contributed by atoms with Gasteiger partial charge in [0.15, 0.2) is 0 Å². The molecule has 1 heterocycles. The van der Waals surface area contributed by atoms with Crippen LogP contribution < -0.4 is 10.6 Å². The van der Waals surface area contributed by atoms with Gasteiger partial charge in [-0.05, 0) is 48.6 Å². The normalized spacial score (nSPS) is 15.9.